The van der Waals surface area contributed by atoms with Crippen molar-refractivity contribution in [3.05, 3.63) is 74.7 Å². The van der Waals surface area contributed by atoms with Gasteiger partial charge >= 0.3 is 0 Å². The zero-order valence-electron chi connectivity index (χ0n) is 18.2. The van der Waals surface area contributed by atoms with Crippen molar-refractivity contribution in [2.45, 2.75) is 39.0 Å². The number of nitrogens with two attached hydrogens (primary N) is 1. The van der Waals surface area contributed by atoms with E-state index in [-0.39, 0.29) is 24.5 Å². The van der Waals surface area contributed by atoms with Crippen LogP contribution in [0.4, 0.5) is 5.69 Å². The topological polar surface area (TPSA) is 97.6 Å². The average Bonchev–Trinajstić information content (AvgIpc) is 3.40. The summed E-state index contributed by atoms with van der Waals surface area (Å²) in [7, 11) is 0. The van der Waals surface area contributed by atoms with Crippen LogP contribution in [0.1, 0.15) is 38.8 Å². The van der Waals surface area contributed by atoms with Gasteiger partial charge in [-0.1, -0.05) is 23.7 Å². The highest BCUT2D eigenvalue weighted by molar-refractivity contribution is 7.13. The molecule has 1 atom stereocenters. The number of carbonyl (C=O) groups is 2. The van der Waals surface area contributed by atoms with E-state index in [2.05, 4.69) is 15.2 Å². The summed E-state index contributed by atoms with van der Waals surface area (Å²) in [5, 5.41) is 4.32. The van der Waals surface area contributed by atoms with Gasteiger partial charge < -0.3 is 15.8 Å². The van der Waals surface area contributed by atoms with E-state index in [1.165, 1.54) is 11.3 Å². The molecule has 0 saturated carbocycles. The zero-order valence-corrected chi connectivity index (χ0v) is 19.8. The monoisotopic (exact) mass is 484 g/mol. The number of amides is 2. The fourth-order valence-electron chi connectivity index (χ4n) is 3.91. The molecule has 4 rings (SSSR count). The number of aryl methyl sites for hydroxylation is 1. The second-order valence-corrected chi connectivity index (χ2v) is 9.47. The van der Waals surface area contributed by atoms with Gasteiger partial charge in [0.05, 0.1) is 11.7 Å². The number of hydrogen-bond acceptors (Lipinski definition) is 6. The minimum absolute atomic E-state index is 0.212. The molecular weight excluding hydrogens is 460 g/mol. The third-order valence-corrected chi connectivity index (χ3v) is 6.87. The van der Waals surface area contributed by atoms with Gasteiger partial charge in [0.1, 0.15) is 22.2 Å². The van der Waals surface area contributed by atoms with Gasteiger partial charge in [0.2, 0.25) is 5.91 Å². The van der Waals surface area contributed by atoms with Crippen LogP contribution in [-0.4, -0.2) is 34.3 Å². The summed E-state index contributed by atoms with van der Waals surface area (Å²) in [4.78, 5) is 31.6. The maximum absolute atomic E-state index is 12.9. The number of ether oxygens (including phenoxy) is 1. The number of anilines is 1. The van der Waals surface area contributed by atoms with E-state index in [4.69, 9.17) is 22.1 Å². The van der Waals surface area contributed by atoms with E-state index in [0.29, 0.717) is 38.6 Å². The molecule has 0 radical (unpaired) electrons. The fraction of sp³-hybridized carbons (Fsp3) is 0.292. The van der Waals surface area contributed by atoms with Crippen LogP contribution in [0.5, 0.6) is 5.75 Å². The van der Waals surface area contributed by atoms with Crippen LogP contribution in [-0.2, 0) is 17.9 Å². The van der Waals surface area contributed by atoms with Crippen molar-refractivity contribution in [3.63, 3.8) is 0 Å². The number of halogens is 1. The van der Waals surface area contributed by atoms with Crippen molar-refractivity contribution >= 4 is 40.4 Å². The summed E-state index contributed by atoms with van der Waals surface area (Å²) in [6.07, 6.45) is 1.75. The summed E-state index contributed by atoms with van der Waals surface area (Å²) in [6.45, 7) is 3.53. The number of nitrogens with one attached hydrogen (secondary N) is 1. The van der Waals surface area contributed by atoms with Gasteiger partial charge in [0.25, 0.3) is 5.91 Å². The molecule has 1 unspecified atom stereocenters. The minimum atomic E-state index is -0.284. The number of primary amides is 1. The summed E-state index contributed by atoms with van der Waals surface area (Å²) in [6, 6.07) is 14.5. The molecule has 7 nitrogen and oxygen atoms in total. The Hall–Kier alpha value is -2.94. The summed E-state index contributed by atoms with van der Waals surface area (Å²) < 4.78 is 5.74. The van der Waals surface area contributed by atoms with Crippen molar-refractivity contribution in [2.75, 3.05) is 11.9 Å². The molecule has 1 aromatic heterocycles. The molecular formula is C24H25ClN4O3S. The zero-order chi connectivity index (χ0) is 23.4. The molecule has 9 heteroatoms. The molecule has 33 heavy (non-hydrogen) atoms. The first-order valence-electron chi connectivity index (χ1n) is 10.7. The molecule has 0 spiro atoms. The third kappa shape index (κ3) is 5.90. The number of benzene rings is 2. The van der Waals surface area contributed by atoms with E-state index in [1.54, 1.807) is 24.3 Å². The van der Waals surface area contributed by atoms with Crippen LogP contribution in [0.25, 0.3) is 0 Å². The molecule has 2 amide bonds. The standard InChI is InChI=1S/C24H25ClN4O3S/c1-15-22(33-21(27-15)14-32-19-9-7-17(25)8-10-19)24(31)28-18-5-2-4-16(12-18)13-29-11-3-6-20(29)23(26)30/h2,4-5,7-10,12,20H,3,6,11,13-14H2,1H3,(H2,26,30)(H,28,31). The molecule has 172 valence electrons. The van der Waals surface area contributed by atoms with Gasteiger partial charge in [-0.15, -0.1) is 11.3 Å². The van der Waals surface area contributed by atoms with Gasteiger partial charge in [0.15, 0.2) is 0 Å². The minimum Gasteiger partial charge on any atom is -0.486 e. The van der Waals surface area contributed by atoms with Crippen LogP contribution in [0.3, 0.4) is 0 Å². The van der Waals surface area contributed by atoms with Gasteiger partial charge in [-0.3, -0.25) is 14.5 Å². The van der Waals surface area contributed by atoms with Crippen LogP contribution in [0.15, 0.2) is 48.5 Å². The highest BCUT2D eigenvalue weighted by Gasteiger charge is 2.28. The van der Waals surface area contributed by atoms with Crippen molar-refractivity contribution in [2.24, 2.45) is 5.73 Å². The number of nitrogens with zero attached hydrogens (tertiary/aromatic N) is 2. The third-order valence-electron chi connectivity index (χ3n) is 5.49. The first-order chi connectivity index (χ1) is 15.9. The van der Waals surface area contributed by atoms with Crippen LogP contribution in [0.2, 0.25) is 5.02 Å². The Morgan fingerprint density at radius 2 is 2.06 bits per heavy atom. The molecule has 1 saturated heterocycles. The van der Waals surface area contributed by atoms with Gasteiger partial charge in [0, 0.05) is 17.3 Å². The fourth-order valence-corrected chi connectivity index (χ4v) is 4.91. The number of thiazole rings is 1. The lowest BCUT2D eigenvalue weighted by molar-refractivity contribution is -0.122. The molecule has 2 heterocycles. The number of likely N-dealkylation sites (tertiary alicyclic amines) is 1. The number of carbonyl (C=O) groups excluding carboxylic acids is 2. The Labute approximate surface area is 201 Å². The SMILES string of the molecule is Cc1nc(COc2ccc(Cl)cc2)sc1C(=O)Nc1cccc(CN2CCCC2C(N)=O)c1. The van der Waals surface area contributed by atoms with Crippen molar-refractivity contribution < 1.29 is 14.3 Å². The lowest BCUT2D eigenvalue weighted by Gasteiger charge is -2.22. The van der Waals surface area contributed by atoms with E-state index in [0.717, 1.165) is 24.9 Å². The number of hydrogen-bond donors (Lipinski definition) is 2. The van der Waals surface area contributed by atoms with Crippen molar-refractivity contribution in [3.8, 4) is 5.75 Å². The second kappa shape index (κ2) is 10.3. The second-order valence-electron chi connectivity index (χ2n) is 7.95. The summed E-state index contributed by atoms with van der Waals surface area (Å²) in [5.41, 5.74) is 7.89. The Bertz CT molecular complexity index is 1150. The predicted octanol–water partition coefficient (Wildman–Crippen LogP) is 4.39. The maximum Gasteiger partial charge on any atom is 0.267 e. The largest absolute Gasteiger partial charge is 0.486 e. The normalized spacial score (nSPS) is 16.0. The van der Waals surface area contributed by atoms with E-state index in [1.807, 2.05) is 31.2 Å². The Morgan fingerprint density at radius 3 is 2.82 bits per heavy atom. The summed E-state index contributed by atoms with van der Waals surface area (Å²) in [5.74, 6) is 0.191. The predicted molar refractivity (Wildman–Crippen MR) is 130 cm³/mol. The molecule has 1 fully saturated rings. The van der Waals surface area contributed by atoms with Gasteiger partial charge in [-0.05, 0) is 68.3 Å². The van der Waals surface area contributed by atoms with E-state index in [9.17, 15) is 9.59 Å². The maximum atomic E-state index is 12.9. The summed E-state index contributed by atoms with van der Waals surface area (Å²) >= 11 is 7.20. The molecule has 3 N–H and O–H groups in total. The Kier molecular flexibility index (Phi) is 7.27. The molecule has 1 aliphatic rings. The highest BCUT2D eigenvalue weighted by atomic mass is 35.5. The first kappa shape index (κ1) is 23.2. The molecule has 1 aliphatic heterocycles. The highest BCUT2D eigenvalue weighted by Crippen LogP contribution is 2.24. The quantitative estimate of drug-likeness (QED) is 0.494. The molecule has 2 aromatic carbocycles. The van der Waals surface area contributed by atoms with Gasteiger partial charge in [-0.2, -0.15) is 0 Å². The number of rotatable bonds is 8. The lowest BCUT2D eigenvalue weighted by Crippen LogP contribution is -2.39. The van der Waals surface area contributed by atoms with Gasteiger partial charge in [-0.25, -0.2) is 4.98 Å². The van der Waals surface area contributed by atoms with Crippen molar-refractivity contribution in [1.82, 2.24) is 9.88 Å². The van der Waals surface area contributed by atoms with E-state index >= 15 is 0 Å². The average molecular weight is 485 g/mol. The molecule has 0 aliphatic carbocycles. The van der Waals surface area contributed by atoms with Crippen LogP contribution in [0, 0.1) is 6.92 Å². The lowest BCUT2D eigenvalue weighted by atomic mass is 10.1. The van der Waals surface area contributed by atoms with E-state index < -0.39 is 0 Å². The molecule has 3 aromatic rings. The Morgan fingerprint density at radius 1 is 1.27 bits per heavy atom. The molecule has 0 bridgehead atoms. The van der Waals surface area contributed by atoms with Crippen molar-refractivity contribution in [1.29, 1.82) is 0 Å². The Balaban J connectivity index is 1.38. The van der Waals surface area contributed by atoms with Crippen LogP contribution >= 0.6 is 22.9 Å². The first-order valence-corrected chi connectivity index (χ1v) is 11.9. The number of aromatic nitrogens is 1. The van der Waals surface area contributed by atoms with Crippen LogP contribution < -0.4 is 15.8 Å². The smallest absolute Gasteiger partial charge is 0.267 e.